The van der Waals surface area contributed by atoms with E-state index in [9.17, 15) is 4.79 Å². The number of hydrogen-bond donors (Lipinski definition) is 3. The molecule has 5 rings (SSSR count). The van der Waals surface area contributed by atoms with Crippen molar-refractivity contribution in [3.63, 3.8) is 0 Å². The van der Waals surface area contributed by atoms with Gasteiger partial charge in [-0.3, -0.25) is 10.0 Å². The maximum absolute atomic E-state index is 11.4. The van der Waals surface area contributed by atoms with Crippen molar-refractivity contribution < 1.29 is 31.2 Å². The van der Waals surface area contributed by atoms with Crippen molar-refractivity contribution >= 4 is 17.7 Å². The number of carbonyl (C=O) groups excluding carboxylic acids is 1. The van der Waals surface area contributed by atoms with Crippen molar-refractivity contribution in [2.24, 2.45) is 10.9 Å². The summed E-state index contributed by atoms with van der Waals surface area (Å²) in [5.74, 6) is 0.966. The van der Waals surface area contributed by atoms with Gasteiger partial charge in [-0.2, -0.15) is 0 Å². The van der Waals surface area contributed by atoms with Crippen LogP contribution in [0.1, 0.15) is 45.8 Å². The van der Waals surface area contributed by atoms with Gasteiger partial charge in [0.2, 0.25) is 0 Å². The molecule has 2 aromatic rings. The number of nitrogens with zero attached hydrogens (tertiary/aromatic N) is 2. The van der Waals surface area contributed by atoms with E-state index in [0.717, 1.165) is 36.4 Å². The number of amides is 1. The van der Waals surface area contributed by atoms with E-state index in [1.54, 1.807) is 17.6 Å². The molecule has 0 aromatic heterocycles. The second kappa shape index (κ2) is 11.1. The number of aliphatic imine (C=N–C) groups is 1. The van der Waals surface area contributed by atoms with Crippen LogP contribution in [0.4, 0.5) is 0 Å². The number of benzene rings is 2. The third kappa shape index (κ3) is 5.94. The predicted octanol–water partition coefficient (Wildman–Crippen LogP) is 0.288. The van der Waals surface area contributed by atoms with Crippen molar-refractivity contribution in [2.75, 3.05) is 30.7 Å². The van der Waals surface area contributed by atoms with Crippen LogP contribution in [-0.2, 0) is 6.42 Å². The number of alkyl halides is 1. The Morgan fingerprint density at radius 3 is 2.62 bits per heavy atom. The average Bonchev–Trinajstić information content (AvgIpc) is 3.65. The second-order valence-electron chi connectivity index (χ2n) is 9.50. The molecule has 3 aliphatic rings. The summed E-state index contributed by atoms with van der Waals surface area (Å²) in [6.07, 6.45) is 5.41. The van der Waals surface area contributed by atoms with Crippen molar-refractivity contribution in [1.82, 2.24) is 15.7 Å². The van der Waals surface area contributed by atoms with Crippen molar-refractivity contribution in [2.45, 2.75) is 31.2 Å². The number of carbonyl (C=O) groups is 1. The molecule has 1 saturated heterocycles. The fourth-order valence-electron chi connectivity index (χ4n) is 4.87. The van der Waals surface area contributed by atoms with E-state index in [4.69, 9.17) is 5.21 Å². The summed E-state index contributed by atoms with van der Waals surface area (Å²) < 4.78 is 3.42. The summed E-state index contributed by atoms with van der Waals surface area (Å²) in [5, 5.41) is 12.5. The molecular formula is C27H32IN4O2-. The zero-order chi connectivity index (χ0) is 23.3. The van der Waals surface area contributed by atoms with Crippen LogP contribution in [0.25, 0.3) is 5.57 Å². The molecule has 0 bridgehead atoms. The minimum absolute atomic E-state index is 0.110. The minimum atomic E-state index is -0.467. The van der Waals surface area contributed by atoms with Gasteiger partial charge in [0.25, 0.3) is 5.91 Å². The minimum Gasteiger partial charge on any atom is -0.0582 e. The average molecular weight is 571 g/mol. The molecule has 2 fully saturated rings. The van der Waals surface area contributed by atoms with Crippen molar-refractivity contribution in [3.8, 4) is 0 Å². The van der Waals surface area contributed by atoms with Gasteiger partial charge in [-0.1, -0.05) is 12.1 Å². The molecule has 7 heteroatoms. The number of halogens is 1. The molecule has 1 aliphatic carbocycles. The van der Waals surface area contributed by atoms with E-state index >= 15 is 0 Å². The predicted molar refractivity (Wildman–Crippen MR) is 131 cm³/mol. The van der Waals surface area contributed by atoms with Crippen LogP contribution in [0.15, 0.2) is 57.6 Å². The summed E-state index contributed by atoms with van der Waals surface area (Å²) >= 11 is 0.110. The summed E-state index contributed by atoms with van der Waals surface area (Å²) in [6, 6.07) is 17.2. The summed E-state index contributed by atoms with van der Waals surface area (Å²) in [6.45, 7) is 4.62. The Bertz CT molecular complexity index is 1050. The SMILES string of the molecule is O=C(NO)c1ccc(CCCN2CC(CNC3CC3c3ccc(C4=C[I-]CN=C4)cc3)C2)cc1. The molecule has 3 N–H and O–H groups in total. The number of nitrogens with one attached hydrogen (secondary N) is 2. The van der Waals surface area contributed by atoms with Gasteiger partial charge >= 0.3 is 131 Å². The van der Waals surface area contributed by atoms with E-state index in [1.807, 2.05) is 18.3 Å². The Kier molecular flexibility index (Phi) is 7.73. The molecule has 1 saturated carbocycles. The van der Waals surface area contributed by atoms with Gasteiger partial charge in [0.15, 0.2) is 0 Å². The topological polar surface area (TPSA) is 77.0 Å². The molecule has 2 unspecified atom stereocenters. The van der Waals surface area contributed by atoms with Crippen LogP contribution in [0.3, 0.4) is 0 Å². The zero-order valence-electron chi connectivity index (χ0n) is 19.3. The smallest absolute Gasteiger partial charge is 0.0582 e. The first-order valence-electron chi connectivity index (χ1n) is 12.1. The third-order valence-corrected chi connectivity index (χ3v) is 8.88. The van der Waals surface area contributed by atoms with Crippen LogP contribution in [-0.4, -0.2) is 59.0 Å². The second-order valence-corrected chi connectivity index (χ2v) is 11.7. The Hall–Kier alpha value is -2.07. The van der Waals surface area contributed by atoms with Crippen LogP contribution < -0.4 is 32.0 Å². The van der Waals surface area contributed by atoms with Crippen LogP contribution in [0.2, 0.25) is 0 Å². The van der Waals surface area contributed by atoms with Gasteiger partial charge in [-0.25, -0.2) is 5.48 Å². The van der Waals surface area contributed by atoms with Gasteiger partial charge in [-0.15, -0.1) is 0 Å². The zero-order valence-corrected chi connectivity index (χ0v) is 21.4. The van der Waals surface area contributed by atoms with Gasteiger partial charge in [0, 0.05) is 5.56 Å². The first kappa shape index (κ1) is 23.7. The standard InChI is InChI=1S/C27H32IN4O2/c33-27(31-34)23-5-3-19(4-6-23)2-1-11-32-16-20(17-32)14-30-26-12-25(26)22-9-7-21(8-10-22)24-13-28-18-29-15-24/h3-10,13,15,20,25-26,30,34H,1-2,11-12,14,16-18H2,(H,31,33)/q-1. The molecule has 2 heterocycles. The number of rotatable bonds is 10. The van der Waals surface area contributed by atoms with E-state index < -0.39 is 5.91 Å². The van der Waals surface area contributed by atoms with Gasteiger partial charge in [0.1, 0.15) is 0 Å². The number of hydrogen-bond acceptors (Lipinski definition) is 5. The van der Waals surface area contributed by atoms with Crippen molar-refractivity contribution in [1.29, 1.82) is 0 Å². The summed E-state index contributed by atoms with van der Waals surface area (Å²) in [4.78, 5) is 18.4. The van der Waals surface area contributed by atoms with Gasteiger partial charge in [-0.05, 0) is 37.1 Å². The number of likely N-dealkylation sites (tertiary alicyclic amines) is 1. The molecule has 0 radical (unpaired) electrons. The quantitative estimate of drug-likeness (QED) is 0.126. The Morgan fingerprint density at radius 2 is 1.91 bits per heavy atom. The van der Waals surface area contributed by atoms with E-state index in [-0.39, 0.29) is 21.2 Å². The van der Waals surface area contributed by atoms with Gasteiger partial charge < -0.3 is 4.90 Å². The monoisotopic (exact) mass is 571 g/mol. The van der Waals surface area contributed by atoms with Crippen LogP contribution in [0, 0.1) is 5.92 Å². The molecular weight excluding hydrogens is 539 g/mol. The Balaban J connectivity index is 0.961. The van der Waals surface area contributed by atoms with Crippen LogP contribution >= 0.6 is 0 Å². The summed E-state index contributed by atoms with van der Waals surface area (Å²) in [7, 11) is 0. The maximum atomic E-state index is 11.4. The molecule has 1 amide bonds. The van der Waals surface area contributed by atoms with E-state index in [2.05, 4.69) is 43.6 Å². The van der Waals surface area contributed by atoms with E-state index in [1.165, 1.54) is 41.8 Å². The van der Waals surface area contributed by atoms with E-state index in [0.29, 0.717) is 17.5 Å². The van der Waals surface area contributed by atoms with Crippen LogP contribution in [0.5, 0.6) is 0 Å². The molecule has 34 heavy (non-hydrogen) atoms. The Morgan fingerprint density at radius 1 is 1.12 bits per heavy atom. The molecule has 2 aromatic carbocycles. The molecule has 2 aliphatic heterocycles. The fraction of sp³-hybridized carbons (Fsp3) is 0.407. The number of hydroxylamine groups is 1. The number of allylic oxidation sites excluding steroid dienone is 1. The third-order valence-electron chi connectivity index (χ3n) is 6.98. The first-order chi connectivity index (χ1) is 16.7. The summed E-state index contributed by atoms with van der Waals surface area (Å²) in [5.41, 5.74) is 7.44. The molecule has 180 valence electrons. The number of aryl methyl sites for hydroxylation is 1. The Labute approximate surface area is 211 Å². The van der Waals surface area contributed by atoms with Crippen molar-refractivity contribution in [3.05, 3.63) is 74.9 Å². The molecule has 6 nitrogen and oxygen atoms in total. The molecule has 2 atom stereocenters. The molecule has 0 spiro atoms. The van der Waals surface area contributed by atoms with Gasteiger partial charge in [0.05, 0.1) is 0 Å². The normalized spacial score (nSPS) is 22.4. The first-order valence-corrected chi connectivity index (χ1v) is 14.8. The fourth-order valence-corrected chi connectivity index (χ4v) is 6.48.